The van der Waals surface area contributed by atoms with Crippen LogP contribution in [0.5, 0.6) is 0 Å². The fraction of sp³-hybridized carbons (Fsp3) is 0.286. The largest absolute Gasteiger partial charge is 0.371 e. The number of nitrogens with zero attached hydrogens (tertiary/aromatic N) is 1. The lowest BCUT2D eigenvalue weighted by Crippen LogP contribution is -2.36. The Morgan fingerprint density at radius 2 is 2.20 bits per heavy atom. The SMILES string of the molecule is O=C(N[C@@H]1CCO[C@@H]1c1ccc(Cl)cc1)c1cscn1. The molecular weight excluding hydrogens is 296 g/mol. The quantitative estimate of drug-likeness (QED) is 0.948. The van der Waals surface area contributed by atoms with Crippen LogP contribution in [0.25, 0.3) is 0 Å². The van der Waals surface area contributed by atoms with Crippen molar-refractivity contribution in [3.8, 4) is 0 Å². The number of ether oxygens (including phenoxy) is 1. The molecule has 1 amide bonds. The van der Waals surface area contributed by atoms with Gasteiger partial charge in [-0.3, -0.25) is 4.79 Å². The van der Waals surface area contributed by atoms with E-state index in [2.05, 4.69) is 10.3 Å². The van der Waals surface area contributed by atoms with Crippen LogP contribution >= 0.6 is 22.9 Å². The number of benzene rings is 1. The molecule has 1 fully saturated rings. The monoisotopic (exact) mass is 308 g/mol. The lowest BCUT2D eigenvalue weighted by molar-refractivity contribution is 0.0818. The van der Waals surface area contributed by atoms with Crippen LogP contribution in [0.4, 0.5) is 0 Å². The van der Waals surface area contributed by atoms with E-state index in [0.29, 0.717) is 17.3 Å². The Kier molecular flexibility index (Phi) is 4.00. The molecule has 104 valence electrons. The third kappa shape index (κ3) is 2.85. The fourth-order valence-corrected chi connectivity index (χ4v) is 2.94. The number of hydrogen-bond acceptors (Lipinski definition) is 4. The highest BCUT2D eigenvalue weighted by Crippen LogP contribution is 2.30. The Hall–Kier alpha value is -1.43. The number of rotatable bonds is 3. The van der Waals surface area contributed by atoms with Gasteiger partial charge in [0.25, 0.3) is 5.91 Å². The van der Waals surface area contributed by atoms with Crippen LogP contribution in [0.15, 0.2) is 35.2 Å². The van der Waals surface area contributed by atoms with E-state index in [-0.39, 0.29) is 18.1 Å². The van der Waals surface area contributed by atoms with Crippen LogP contribution in [0, 0.1) is 0 Å². The van der Waals surface area contributed by atoms with Gasteiger partial charge in [0.1, 0.15) is 11.8 Å². The van der Waals surface area contributed by atoms with E-state index in [9.17, 15) is 4.79 Å². The highest BCUT2D eigenvalue weighted by atomic mass is 35.5. The lowest BCUT2D eigenvalue weighted by atomic mass is 10.0. The van der Waals surface area contributed by atoms with Crippen molar-refractivity contribution in [3.05, 3.63) is 51.4 Å². The van der Waals surface area contributed by atoms with Crippen molar-refractivity contribution in [1.29, 1.82) is 0 Å². The Morgan fingerprint density at radius 1 is 1.40 bits per heavy atom. The maximum Gasteiger partial charge on any atom is 0.271 e. The summed E-state index contributed by atoms with van der Waals surface area (Å²) in [6.07, 6.45) is 0.665. The number of carbonyl (C=O) groups excluding carboxylic acids is 1. The van der Waals surface area contributed by atoms with Crippen LogP contribution < -0.4 is 5.32 Å². The summed E-state index contributed by atoms with van der Waals surface area (Å²) in [4.78, 5) is 16.1. The molecule has 2 heterocycles. The molecule has 3 rings (SSSR count). The van der Waals surface area contributed by atoms with Crippen molar-refractivity contribution < 1.29 is 9.53 Å². The smallest absolute Gasteiger partial charge is 0.271 e. The standard InChI is InChI=1S/C14H13ClN2O2S/c15-10-3-1-9(2-4-10)13-11(5-6-19-13)17-14(18)12-7-20-8-16-12/h1-4,7-8,11,13H,5-6H2,(H,17,18)/t11-,13-/m1/s1. The molecule has 2 atom stereocenters. The zero-order chi connectivity index (χ0) is 13.9. The van der Waals surface area contributed by atoms with Crippen LogP contribution in [0.1, 0.15) is 28.6 Å². The average molecular weight is 309 g/mol. The summed E-state index contributed by atoms with van der Waals surface area (Å²) in [6, 6.07) is 7.49. The first kappa shape index (κ1) is 13.5. The van der Waals surface area contributed by atoms with Crippen LogP contribution in [0.3, 0.4) is 0 Å². The summed E-state index contributed by atoms with van der Waals surface area (Å²) in [5.41, 5.74) is 3.13. The molecule has 0 aliphatic carbocycles. The second-order valence-electron chi connectivity index (χ2n) is 4.59. The minimum Gasteiger partial charge on any atom is -0.371 e. The Morgan fingerprint density at radius 3 is 2.90 bits per heavy atom. The number of amides is 1. The molecule has 4 nitrogen and oxygen atoms in total. The van der Waals surface area contributed by atoms with E-state index in [0.717, 1.165) is 12.0 Å². The topological polar surface area (TPSA) is 51.2 Å². The fourth-order valence-electron chi connectivity index (χ4n) is 2.29. The molecule has 6 heteroatoms. The first-order chi connectivity index (χ1) is 9.74. The summed E-state index contributed by atoms with van der Waals surface area (Å²) in [5.74, 6) is -0.152. The van der Waals surface area contributed by atoms with Crippen molar-refractivity contribution in [2.45, 2.75) is 18.6 Å². The maximum absolute atomic E-state index is 12.0. The molecule has 0 saturated carbocycles. The number of aromatic nitrogens is 1. The molecule has 1 saturated heterocycles. The molecule has 1 N–H and O–H groups in total. The van der Waals surface area contributed by atoms with Gasteiger partial charge in [-0.05, 0) is 24.1 Å². The minimum atomic E-state index is -0.152. The van der Waals surface area contributed by atoms with Gasteiger partial charge in [-0.25, -0.2) is 4.98 Å². The first-order valence-corrected chi connectivity index (χ1v) is 7.62. The van der Waals surface area contributed by atoms with Crippen molar-refractivity contribution in [3.63, 3.8) is 0 Å². The molecule has 1 aromatic heterocycles. The van der Waals surface area contributed by atoms with E-state index in [1.807, 2.05) is 24.3 Å². The predicted molar refractivity (Wildman–Crippen MR) is 78.1 cm³/mol. The maximum atomic E-state index is 12.0. The van der Waals surface area contributed by atoms with Gasteiger partial charge in [0.15, 0.2) is 0 Å². The zero-order valence-electron chi connectivity index (χ0n) is 10.6. The van der Waals surface area contributed by atoms with Gasteiger partial charge in [0, 0.05) is 17.0 Å². The van der Waals surface area contributed by atoms with Crippen molar-refractivity contribution in [1.82, 2.24) is 10.3 Å². The lowest BCUT2D eigenvalue weighted by Gasteiger charge is -2.19. The predicted octanol–water partition coefficient (Wildman–Crippen LogP) is 3.06. The molecule has 0 unspecified atom stereocenters. The van der Waals surface area contributed by atoms with Gasteiger partial charge in [-0.2, -0.15) is 0 Å². The number of nitrogens with one attached hydrogen (secondary N) is 1. The van der Waals surface area contributed by atoms with E-state index in [4.69, 9.17) is 16.3 Å². The average Bonchev–Trinajstić information content (AvgIpc) is 3.10. The second-order valence-corrected chi connectivity index (χ2v) is 5.74. The molecule has 1 aliphatic rings. The third-order valence-electron chi connectivity index (χ3n) is 3.27. The Labute approximate surface area is 125 Å². The summed E-state index contributed by atoms with van der Waals surface area (Å²) < 4.78 is 5.73. The number of hydrogen-bond donors (Lipinski definition) is 1. The highest BCUT2D eigenvalue weighted by Gasteiger charge is 2.31. The van der Waals surface area contributed by atoms with E-state index < -0.39 is 0 Å². The molecule has 20 heavy (non-hydrogen) atoms. The Balaban J connectivity index is 1.72. The zero-order valence-corrected chi connectivity index (χ0v) is 12.2. The molecule has 1 aromatic carbocycles. The van der Waals surface area contributed by atoms with Gasteiger partial charge >= 0.3 is 0 Å². The highest BCUT2D eigenvalue weighted by molar-refractivity contribution is 7.07. The van der Waals surface area contributed by atoms with Gasteiger partial charge in [-0.1, -0.05) is 23.7 Å². The molecule has 1 aliphatic heterocycles. The second kappa shape index (κ2) is 5.91. The number of thiazole rings is 1. The summed E-state index contributed by atoms with van der Waals surface area (Å²) in [7, 11) is 0. The first-order valence-electron chi connectivity index (χ1n) is 6.30. The number of halogens is 1. The van der Waals surface area contributed by atoms with Crippen molar-refractivity contribution >= 4 is 28.8 Å². The molecule has 0 spiro atoms. The van der Waals surface area contributed by atoms with Gasteiger partial charge in [-0.15, -0.1) is 11.3 Å². The van der Waals surface area contributed by atoms with Crippen LogP contribution in [-0.2, 0) is 4.74 Å². The molecular formula is C14H13ClN2O2S. The summed E-state index contributed by atoms with van der Waals surface area (Å²) in [5, 5.41) is 5.42. The van der Waals surface area contributed by atoms with Crippen molar-refractivity contribution in [2.24, 2.45) is 0 Å². The van der Waals surface area contributed by atoms with Crippen LogP contribution in [0.2, 0.25) is 5.02 Å². The van der Waals surface area contributed by atoms with Gasteiger partial charge in [0.2, 0.25) is 0 Å². The van der Waals surface area contributed by atoms with Crippen molar-refractivity contribution in [2.75, 3.05) is 6.61 Å². The molecule has 2 aromatic rings. The van der Waals surface area contributed by atoms with Crippen LogP contribution in [-0.4, -0.2) is 23.5 Å². The minimum absolute atomic E-state index is 0.0367. The van der Waals surface area contributed by atoms with Gasteiger partial charge < -0.3 is 10.1 Å². The van der Waals surface area contributed by atoms with Gasteiger partial charge in [0.05, 0.1) is 11.6 Å². The molecule has 0 radical (unpaired) electrons. The normalized spacial score (nSPS) is 21.9. The van der Waals surface area contributed by atoms with E-state index >= 15 is 0 Å². The Bertz CT molecular complexity index is 586. The summed E-state index contributed by atoms with van der Waals surface area (Å²) >= 11 is 7.30. The van der Waals surface area contributed by atoms with E-state index in [1.165, 1.54) is 11.3 Å². The van der Waals surface area contributed by atoms with E-state index in [1.54, 1.807) is 10.9 Å². The third-order valence-corrected chi connectivity index (χ3v) is 4.11. The molecule has 0 bridgehead atoms. The number of carbonyl (C=O) groups is 1. The summed E-state index contributed by atoms with van der Waals surface area (Å²) in [6.45, 7) is 0.634.